The SMILES string of the molecule is NC(=O)CCn1nc(C(=O)O)c2ccccc2c1=O. The van der Waals surface area contributed by atoms with Crippen molar-refractivity contribution in [2.45, 2.75) is 13.0 Å². The molecule has 19 heavy (non-hydrogen) atoms. The Balaban J connectivity index is 2.66. The maximum absolute atomic E-state index is 12.1. The van der Waals surface area contributed by atoms with E-state index in [2.05, 4.69) is 5.10 Å². The smallest absolute Gasteiger partial charge is 0.357 e. The number of nitrogens with two attached hydrogens (primary N) is 1. The number of benzene rings is 1. The van der Waals surface area contributed by atoms with E-state index in [1.807, 2.05) is 0 Å². The molecule has 0 aliphatic carbocycles. The lowest BCUT2D eigenvalue weighted by Crippen LogP contribution is -2.28. The molecule has 1 amide bonds. The first kappa shape index (κ1) is 12.7. The van der Waals surface area contributed by atoms with Crippen molar-refractivity contribution in [3.63, 3.8) is 0 Å². The highest BCUT2D eigenvalue weighted by Gasteiger charge is 2.15. The van der Waals surface area contributed by atoms with Gasteiger partial charge in [-0.05, 0) is 6.07 Å². The molecule has 0 bridgehead atoms. The molecule has 98 valence electrons. The number of carboxylic acids is 1. The van der Waals surface area contributed by atoms with Gasteiger partial charge in [-0.25, -0.2) is 9.48 Å². The molecule has 0 spiro atoms. The molecule has 1 aromatic carbocycles. The molecule has 0 fully saturated rings. The normalized spacial score (nSPS) is 10.5. The topological polar surface area (TPSA) is 115 Å². The minimum absolute atomic E-state index is 0.0424. The number of rotatable bonds is 4. The van der Waals surface area contributed by atoms with Gasteiger partial charge in [-0.3, -0.25) is 9.59 Å². The van der Waals surface area contributed by atoms with Gasteiger partial charge in [0, 0.05) is 11.8 Å². The van der Waals surface area contributed by atoms with E-state index >= 15 is 0 Å². The van der Waals surface area contributed by atoms with E-state index in [-0.39, 0.29) is 29.4 Å². The summed E-state index contributed by atoms with van der Waals surface area (Å²) in [5.74, 6) is -1.82. The first-order valence-corrected chi connectivity index (χ1v) is 5.52. The van der Waals surface area contributed by atoms with Gasteiger partial charge >= 0.3 is 5.97 Å². The number of aromatic nitrogens is 2. The number of carbonyl (C=O) groups excluding carboxylic acids is 1. The molecule has 0 radical (unpaired) electrons. The Morgan fingerprint density at radius 2 is 1.89 bits per heavy atom. The van der Waals surface area contributed by atoms with Crippen molar-refractivity contribution in [1.82, 2.24) is 9.78 Å². The Kier molecular flexibility index (Phi) is 3.28. The highest BCUT2D eigenvalue weighted by atomic mass is 16.4. The van der Waals surface area contributed by atoms with Gasteiger partial charge in [0.2, 0.25) is 5.91 Å². The first-order chi connectivity index (χ1) is 9.00. The largest absolute Gasteiger partial charge is 0.476 e. The standard InChI is InChI=1S/C12H11N3O4/c13-9(16)5-6-15-11(17)8-4-2-1-3-7(8)10(14-15)12(18)19/h1-4H,5-6H2,(H2,13,16)(H,18,19). The minimum Gasteiger partial charge on any atom is -0.476 e. The van der Waals surface area contributed by atoms with Crippen LogP contribution in [0.2, 0.25) is 0 Å². The second-order valence-electron chi connectivity index (χ2n) is 3.94. The second-order valence-corrected chi connectivity index (χ2v) is 3.94. The van der Waals surface area contributed by atoms with Crippen molar-refractivity contribution >= 4 is 22.6 Å². The Bertz CT molecular complexity index is 720. The van der Waals surface area contributed by atoms with E-state index in [1.165, 1.54) is 12.1 Å². The summed E-state index contributed by atoms with van der Waals surface area (Å²) in [6.45, 7) is -0.0424. The zero-order chi connectivity index (χ0) is 14.0. The molecule has 0 atom stereocenters. The van der Waals surface area contributed by atoms with Gasteiger partial charge in [0.1, 0.15) is 0 Å². The molecule has 0 saturated carbocycles. The number of carboxylic acid groups (broad SMARTS) is 1. The zero-order valence-corrected chi connectivity index (χ0v) is 9.87. The van der Waals surface area contributed by atoms with E-state index < -0.39 is 17.4 Å². The van der Waals surface area contributed by atoms with Gasteiger partial charge in [-0.1, -0.05) is 18.2 Å². The fourth-order valence-electron chi connectivity index (χ4n) is 1.76. The Hall–Kier alpha value is -2.70. The summed E-state index contributed by atoms with van der Waals surface area (Å²) in [6.07, 6.45) is -0.0791. The van der Waals surface area contributed by atoms with E-state index in [4.69, 9.17) is 10.8 Å². The molecular formula is C12H11N3O4. The molecule has 7 nitrogen and oxygen atoms in total. The number of hydrogen-bond donors (Lipinski definition) is 2. The lowest BCUT2D eigenvalue weighted by Gasteiger charge is -2.07. The Morgan fingerprint density at radius 3 is 2.47 bits per heavy atom. The highest BCUT2D eigenvalue weighted by molar-refractivity contribution is 6.01. The molecular weight excluding hydrogens is 250 g/mol. The summed E-state index contributed by atoms with van der Waals surface area (Å²) in [4.78, 5) is 33.9. The van der Waals surface area contributed by atoms with Crippen LogP contribution in [-0.4, -0.2) is 26.8 Å². The third-order valence-electron chi connectivity index (χ3n) is 2.64. The molecule has 0 saturated heterocycles. The van der Waals surface area contributed by atoms with Crippen LogP contribution in [0.1, 0.15) is 16.9 Å². The molecule has 1 heterocycles. The maximum atomic E-state index is 12.1. The van der Waals surface area contributed by atoms with Gasteiger partial charge in [0.15, 0.2) is 5.69 Å². The van der Waals surface area contributed by atoms with Crippen molar-refractivity contribution in [1.29, 1.82) is 0 Å². The van der Waals surface area contributed by atoms with Crippen LogP contribution in [0.15, 0.2) is 29.1 Å². The van der Waals surface area contributed by atoms with Crippen LogP contribution in [0.25, 0.3) is 10.8 Å². The summed E-state index contributed by atoms with van der Waals surface area (Å²) in [5, 5.41) is 13.4. The van der Waals surface area contributed by atoms with Crippen LogP contribution in [-0.2, 0) is 11.3 Å². The average Bonchev–Trinajstić information content (AvgIpc) is 2.37. The lowest BCUT2D eigenvalue weighted by atomic mass is 10.1. The molecule has 0 aliphatic rings. The fourth-order valence-corrected chi connectivity index (χ4v) is 1.76. The minimum atomic E-state index is -1.23. The lowest BCUT2D eigenvalue weighted by molar-refractivity contribution is -0.118. The molecule has 0 unspecified atom stereocenters. The molecule has 2 aromatic rings. The zero-order valence-electron chi connectivity index (χ0n) is 9.87. The Morgan fingerprint density at radius 1 is 1.26 bits per heavy atom. The van der Waals surface area contributed by atoms with Gasteiger partial charge in [-0.15, -0.1) is 0 Å². The molecule has 2 rings (SSSR count). The van der Waals surface area contributed by atoms with Gasteiger partial charge in [0.25, 0.3) is 5.56 Å². The number of nitrogens with zero attached hydrogens (tertiary/aromatic N) is 2. The predicted octanol–water partition coefficient (Wildman–Crippen LogP) is -0.0299. The summed E-state index contributed by atoms with van der Waals surface area (Å²) in [7, 11) is 0. The maximum Gasteiger partial charge on any atom is 0.357 e. The molecule has 3 N–H and O–H groups in total. The summed E-state index contributed by atoms with van der Waals surface area (Å²) < 4.78 is 0.955. The molecule has 1 aromatic heterocycles. The molecule has 0 aliphatic heterocycles. The number of fused-ring (bicyclic) bond motifs is 1. The van der Waals surface area contributed by atoms with Crippen molar-refractivity contribution in [2.24, 2.45) is 5.73 Å². The number of carbonyl (C=O) groups is 2. The van der Waals surface area contributed by atoms with Gasteiger partial charge in [0.05, 0.1) is 11.9 Å². The third-order valence-corrected chi connectivity index (χ3v) is 2.64. The van der Waals surface area contributed by atoms with Crippen LogP contribution in [0.5, 0.6) is 0 Å². The Labute approximate surface area is 107 Å². The number of aromatic carboxylic acids is 1. The molecule has 7 heteroatoms. The highest BCUT2D eigenvalue weighted by Crippen LogP contribution is 2.13. The predicted molar refractivity (Wildman–Crippen MR) is 66.8 cm³/mol. The monoisotopic (exact) mass is 261 g/mol. The van der Waals surface area contributed by atoms with Crippen LogP contribution in [0.3, 0.4) is 0 Å². The van der Waals surface area contributed by atoms with E-state index in [9.17, 15) is 14.4 Å². The number of hydrogen-bond acceptors (Lipinski definition) is 4. The number of primary amides is 1. The van der Waals surface area contributed by atoms with Crippen LogP contribution in [0.4, 0.5) is 0 Å². The van der Waals surface area contributed by atoms with Crippen molar-refractivity contribution in [2.75, 3.05) is 0 Å². The van der Waals surface area contributed by atoms with Crippen LogP contribution < -0.4 is 11.3 Å². The van der Waals surface area contributed by atoms with Crippen molar-refractivity contribution < 1.29 is 14.7 Å². The number of aryl methyl sites for hydroxylation is 1. The van der Waals surface area contributed by atoms with Crippen LogP contribution in [0, 0.1) is 0 Å². The van der Waals surface area contributed by atoms with Crippen LogP contribution >= 0.6 is 0 Å². The fraction of sp³-hybridized carbons (Fsp3) is 0.167. The van der Waals surface area contributed by atoms with E-state index in [0.29, 0.717) is 0 Å². The van der Waals surface area contributed by atoms with E-state index in [0.717, 1.165) is 4.68 Å². The van der Waals surface area contributed by atoms with Crippen molar-refractivity contribution in [3.05, 3.63) is 40.3 Å². The summed E-state index contributed by atoms with van der Waals surface area (Å²) in [5.41, 5.74) is 4.34. The third kappa shape index (κ3) is 2.44. The van der Waals surface area contributed by atoms with E-state index in [1.54, 1.807) is 12.1 Å². The average molecular weight is 261 g/mol. The van der Waals surface area contributed by atoms with Gasteiger partial charge in [-0.2, -0.15) is 5.10 Å². The number of amides is 1. The van der Waals surface area contributed by atoms with Gasteiger partial charge < -0.3 is 10.8 Å². The van der Waals surface area contributed by atoms with Crippen molar-refractivity contribution in [3.8, 4) is 0 Å². The second kappa shape index (κ2) is 4.89. The summed E-state index contributed by atoms with van der Waals surface area (Å²) in [6, 6.07) is 6.30. The quantitative estimate of drug-likeness (QED) is 0.801. The first-order valence-electron chi connectivity index (χ1n) is 5.52. The summed E-state index contributed by atoms with van der Waals surface area (Å²) >= 11 is 0.